The monoisotopic (exact) mass is 470 g/mol. The lowest BCUT2D eigenvalue weighted by molar-refractivity contribution is 0.129. The second-order valence-electron chi connectivity index (χ2n) is 7.65. The summed E-state index contributed by atoms with van der Waals surface area (Å²) in [5, 5.41) is 9.76. The first-order valence-electron chi connectivity index (χ1n) is 10.6. The van der Waals surface area contributed by atoms with E-state index < -0.39 is 16.9 Å². The fraction of sp³-hybridized carbons (Fsp3) is 0.348. The number of aromatic nitrogens is 3. The van der Waals surface area contributed by atoms with Crippen LogP contribution in [0.25, 0.3) is 11.3 Å². The van der Waals surface area contributed by atoms with Crippen LogP contribution >= 0.6 is 0 Å². The van der Waals surface area contributed by atoms with Crippen LogP contribution in [0.1, 0.15) is 26.0 Å². The fourth-order valence-corrected chi connectivity index (χ4v) is 3.61. The molecule has 9 nitrogen and oxygen atoms in total. The van der Waals surface area contributed by atoms with Gasteiger partial charge in [-0.05, 0) is 37.6 Å². The van der Waals surface area contributed by atoms with Crippen LogP contribution in [0.5, 0.6) is 17.4 Å². The number of ether oxygens (including phenoxy) is 3. The van der Waals surface area contributed by atoms with E-state index in [4.69, 9.17) is 14.2 Å². The second kappa shape index (κ2) is 10.1. The third-order valence-corrected chi connectivity index (χ3v) is 5.81. The summed E-state index contributed by atoms with van der Waals surface area (Å²) in [6, 6.07) is 9.45. The highest BCUT2D eigenvalue weighted by molar-refractivity contribution is 7.84. The number of aliphatic hydroxyl groups is 1. The highest BCUT2D eigenvalue weighted by atomic mass is 32.2. The van der Waals surface area contributed by atoms with Gasteiger partial charge in [-0.15, -0.1) is 0 Å². The Hall–Kier alpha value is -3.24. The van der Waals surface area contributed by atoms with Crippen molar-refractivity contribution in [2.45, 2.75) is 37.4 Å². The van der Waals surface area contributed by atoms with Crippen LogP contribution in [0.2, 0.25) is 0 Å². The average molecular weight is 471 g/mol. The van der Waals surface area contributed by atoms with Crippen molar-refractivity contribution < 1.29 is 23.5 Å². The van der Waals surface area contributed by atoms with Crippen molar-refractivity contribution in [1.82, 2.24) is 15.0 Å². The molecule has 1 aliphatic heterocycles. The molecule has 0 bridgehead atoms. The summed E-state index contributed by atoms with van der Waals surface area (Å²) in [5.74, 6) is 1.87. The number of nitrogens with zero attached hydrogens (tertiary/aromatic N) is 3. The van der Waals surface area contributed by atoms with E-state index in [9.17, 15) is 9.32 Å². The summed E-state index contributed by atoms with van der Waals surface area (Å²) in [5.41, 5.74) is 2.43. The van der Waals surface area contributed by atoms with Crippen LogP contribution in [0.15, 0.2) is 52.7 Å². The fourth-order valence-electron chi connectivity index (χ4n) is 3.21. The molecule has 0 spiro atoms. The van der Waals surface area contributed by atoms with Crippen LogP contribution in [-0.2, 0) is 15.5 Å². The van der Waals surface area contributed by atoms with Crippen molar-refractivity contribution in [1.29, 1.82) is 0 Å². The number of hydrogen-bond donors (Lipinski definition) is 2. The minimum absolute atomic E-state index is 0.121. The number of rotatable bonds is 9. The zero-order chi connectivity index (χ0) is 23.4. The predicted octanol–water partition coefficient (Wildman–Crippen LogP) is 3.32. The van der Waals surface area contributed by atoms with Crippen molar-refractivity contribution in [3.63, 3.8) is 0 Å². The van der Waals surface area contributed by atoms with Crippen molar-refractivity contribution in [2.24, 2.45) is 4.99 Å². The Bertz CT molecular complexity index is 1160. The molecule has 2 N–H and O–H groups in total. The van der Waals surface area contributed by atoms with Gasteiger partial charge in [-0.1, -0.05) is 6.92 Å². The van der Waals surface area contributed by atoms with Gasteiger partial charge in [0.1, 0.15) is 34.9 Å². The molecule has 0 radical (unpaired) electrons. The Morgan fingerprint density at radius 3 is 2.67 bits per heavy atom. The van der Waals surface area contributed by atoms with E-state index in [0.29, 0.717) is 29.0 Å². The van der Waals surface area contributed by atoms with E-state index in [1.54, 1.807) is 13.0 Å². The zero-order valence-corrected chi connectivity index (χ0v) is 19.5. The minimum Gasteiger partial charge on any atom is -0.488 e. The Morgan fingerprint density at radius 2 is 2.00 bits per heavy atom. The Morgan fingerprint density at radius 1 is 1.21 bits per heavy atom. The Labute approximate surface area is 194 Å². The van der Waals surface area contributed by atoms with Crippen molar-refractivity contribution >= 4 is 16.7 Å². The van der Waals surface area contributed by atoms with E-state index >= 15 is 0 Å². The topological polar surface area (TPSA) is 119 Å². The highest BCUT2D eigenvalue weighted by Crippen LogP contribution is 2.32. The molecular formula is C23H26N4O5S. The third-order valence-electron chi connectivity index (χ3n) is 5.01. The molecule has 10 heteroatoms. The van der Waals surface area contributed by atoms with Crippen LogP contribution < -0.4 is 9.47 Å². The van der Waals surface area contributed by atoms with E-state index in [1.165, 1.54) is 18.6 Å². The number of H-pyrrole nitrogens is 1. The number of nitrogens with one attached hydrogen (secondary N) is 1. The van der Waals surface area contributed by atoms with Gasteiger partial charge in [-0.25, -0.2) is 15.0 Å². The number of aromatic amines is 1. The molecule has 1 aliphatic rings. The maximum absolute atomic E-state index is 11.5. The van der Waals surface area contributed by atoms with E-state index in [0.717, 1.165) is 23.4 Å². The average Bonchev–Trinajstić information content (AvgIpc) is 3.49. The molecular weight excluding hydrogens is 444 g/mol. The van der Waals surface area contributed by atoms with Gasteiger partial charge in [0.2, 0.25) is 11.8 Å². The number of aliphatic hydroxyl groups excluding tert-OH is 1. The zero-order valence-electron chi connectivity index (χ0n) is 18.6. The molecule has 174 valence electrons. The first-order valence-corrected chi connectivity index (χ1v) is 12.2. The summed E-state index contributed by atoms with van der Waals surface area (Å²) >= 11 is 0. The number of hydrogen-bond acceptors (Lipinski definition) is 8. The van der Waals surface area contributed by atoms with E-state index in [2.05, 4.69) is 26.9 Å². The molecule has 3 atom stereocenters. The number of aliphatic imine (C=N–C) groups is 1. The Kier molecular flexibility index (Phi) is 7.05. The van der Waals surface area contributed by atoms with Gasteiger partial charge in [-0.2, -0.15) is 0 Å². The molecule has 0 saturated carbocycles. The molecule has 1 unspecified atom stereocenters. The normalized spacial score (nSPS) is 17.2. The van der Waals surface area contributed by atoms with Gasteiger partial charge < -0.3 is 24.3 Å². The molecule has 2 aromatic heterocycles. The molecule has 0 fully saturated rings. The molecule has 33 heavy (non-hydrogen) atoms. The smallest absolute Gasteiger partial charge is 0.237 e. The van der Waals surface area contributed by atoms with Gasteiger partial charge in [0.05, 0.1) is 35.8 Å². The maximum atomic E-state index is 11.5. The van der Waals surface area contributed by atoms with Gasteiger partial charge in [-0.3, -0.25) is 4.21 Å². The van der Waals surface area contributed by atoms with Gasteiger partial charge in [0, 0.05) is 23.6 Å². The molecule has 1 aromatic carbocycles. The van der Waals surface area contributed by atoms with Gasteiger partial charge >= 0.3 is 0 Å². The maximum Gasteiger partial charge on any atom is 0.237 e. The number of benzene rings is 1. The third kappa shape index (κ3) is 5.58. The minimum atomic E-state index is -1.22. The summed E-state index contributed by atoms with van der Waals surface area (Å²) in [4.78, 5) is 16.2. The highest BCUT2D eigenvalue weighted by Gasteiger charge is 2.20. The predicted molar refractivity (Wildman–Crippen MR) is 124 cm³/mol. The quantitative estimate of drug-likeness (QED) is 0.492. The van der Waals surface area contributed by atoms with E-state index in [1.807, 2.05) is 24.3 Å². The first kappa shape index (κ1) is 22.9. The van der Waals surface area contributed by atoms with Gasteiger partial charge in [0.25, 0.3) is 0 Å². The summed E-state index contributed by atoms with van der Waals surface area (Å²) < 4.78 is 29.0. The molecule has 0 saturated heterocycles. The SMILES string of the molecule is CC[C@@H]1COC(c2ccc(-c3cc(Oc4cnc(S(C)=O)cn4)cc(O[C@@H](C)CO)c3)[nH]2)=N1. The lowest BCUT2D eigenvalue weighted by Gasteiger charge is -2.15. The first-order chi connectivity index (χ1) is 15.9. The molecule has 3 aromatic rings. The standard InChI is InChI=1S/C23H26N4O5S/c1-4-16-13-30-23(26-16)20-6-5-19(27-20)15-7-17(31-14(2)12-28)9-18(8-15)32-21-10-25-22(11-24-21)33(3)29/h5-11,14,16,27-28H,4,12-13H2,1-3H3/t14-,16+,33?/m0/s1. The van der Waals surface area contributed by atoms with Crippen molar-refractivity contribution in [3.05, 3.63) is 48.4 Å². The van der Waals surface area contributed by atoms with Crippen molar-refractivity contribution in [3.8, 4) is 28.6 Å². The van der Waals surface area contributed by atoms with Crippen LogP contribution in [-0.4, -0.2) is 61.8 Å². The van der Waals surface area contributed by atoms with Crippen LogP contribution in [0, 0.1) is 0 Å². The molecule has 0 aliphatic carbocycles. The van der Waals surface area contributed by atoms with Gasteiger partial charge in [0.15, 0.2) is 0 Å². The summed E-state index contributed by atoms with van der Waals surface area (Å²) in [7, 11) is -1.22. The lowest BCUT2D eigenvalue weighted by atomic mass is 10.1. The Balaban J connectivity index is 1.63. The summed E-state index contributed by atoms with van der Waals surface area (Å²) in [6.45, 7) is 4.32. The second-order valence-corrected chi connectivity index (χ2v) is 8.97. The largest absolute Gasteiger partial charge is 0.488 e. The summed E-state index contributed by atoms with van der Waals surface area (Å²) in [6.07, 6.45) is 4.92. The molecule has 0 amide bonds. The van der Waals surface area contributed by atoms with Crippen molar-refractivity contribution in [2.75, 3.05) is 19.5 Å². The van der Waals surface area contributed by atoms with E-state index in [-0.39, 0.29) is 18.5 Å². The molecule has 4 rings (SSSR count). The van der Waals surface area contributed by atoms with Crippen LogP contribution in [0.3, 0.4) is 0 Å². The van der Waals surface area contributed by atoms with Crippen LogP contribution in [0.4, 0.5) is 0 Å². The molecule has 3 heterocycles. The lowest BCUT2D eigenvalue weighted by Crippen LogP contribution is -2.16.